The van der Waals surface area contributed by atoms with Crippen LogP contribution in [0, 0.1) is 17.1 Å². The van der Waals surface area contributed by atoms with E-state index < -0.39 is 0 Å². The van der Waals surface area contributed by atoms with Gasteiger partial charge >= 0.3 is 0 Å². The summed E-state index contributed by atoms with van der Waals surface area (Å²) >= 11 is 6.47. The van der Waals surface area contributed by atoms with Gasteiger partial charge < -0.3 is 9.47 Å². The van der Waals surface area contributed by atoms with E-state index in [2.05, 4.69) is 0 Å². The number of hydrogen-bond donors (Lipinski definition) is 0. The quantitative estimate of drug-likeness (QED) is 0.555. The molecule has 8 heteroatoms. The molecule has 0 unspecified atom stereocenters. The molecular formula is C19H13FN2O3S2. The van der Waals surface area contributed by atoms with E-state index in [0.717, 1.165) is 5.56 Å². The molecule has 0 bridgehead atoms. The zero-order chi connectivity index (χ0) is 19.4. The molecule has 1 aliphatic rings. The van der Waals surface area contributed by atoms with Gasteiger partial charge in [-0.15, -0.1) is 0 Å². The van der Waals surface area contributed by atoms with E-state index in [-0.39, 0.29) is 18.3 Å². The Kier molecular flexibility index (Phi) is 5.74. The number of rotatable bonds is 5. The molecule has 0 aromatic heterocycles. The maximum absolute atomic E-state index is 13.1. The predicted molar refractivity (Wildman–Crippen MR) is 106 cm³/mol. The summed E-state index contributed by atoms with van der Waals surface area (Å²) in [4.78, 5) is 14.5. The summed E-state index contributed by atoms with van der Waals surface area (Å²) in [5.74, 6) is 0.231. The van der Waals surface area contributed by atoms with Gasteiger partial charge in [-0.1, -0.05) is 30.0 Å². The van der Waals surface area contributed by atoms with Crippen LogP contribution in [0.4, 0.5) is 10.1 Å². The van der Waals surface area contributed by atoms with E-state index in [1.165, 1.54) is 48.0 Å². The number of hydrogen-bond acceptors (Lipinski definition) is 6. The second-order valence-electron chi connectivity index (χ2n) is 5.35. The zero-order valence-electron chi connectivity index (χ0n) is 14.1. The molecule has 1 saturated heterocycles. The van der Waals surface area contributed by atoms with Gasteiger partial charge in [0.2, 0.25) is 0 Å². The van der Waals surface area contributed by atoms with Crippen molar-refractivity contribution in [1.82, 2.24) is 0 Å². The van der Waals surface area contributed by atoms with Gasteiger partial charge in [0.25, 0.3) is 5.91 Å². The first-order valence-electron chi connectivity index (χ1n) is 7.75. The van der Waals surface area contributed by atoms with Crippen molar-refractivity contribution in [3.8, 4) is 17.6 Å². The van der Waals surface area contributed by atoms with E-state index in [4.69, 9.17) is 27.0 Å². The number of thiocarbonyl (C=S) groups is 1. The van der Waals surface area contributed by atoms with Crippen molar-refractivity contribution < 1.29 is 18.7 Å². The van der Waals surface area contributed by atoms with Gasteiger partial charge in [0.05, 0.1) is 17.7 Å². The Balaban J connectivity index is 1.87. The van der Waals surface area contributed by atoms with E-state index in [9.17, 15) is 9.18 Å². The first kappa shape index (κ1) is 18.9. The van der Waals surface area contributed by atoms with Crippen molar-refractivity contribution in [2.24, 2.45) is 0 Å². The van der Waals surface area contributed by atoms with Crippen molar-refractivity contribution in [3.05, 3.63) is 58.8 Å². The van der Waals surface area contributed by atoms with Gasteiger partial charge in [0, 0.05) is 0 Å². The molecule has 136 valence electrons. The minimum absolute atomic E-state index is 0.0912. The zero-order valence-corrected chi connectivity index (χ0v) is 15.8. The average molecular weight is 400 g/mol. The fraction of sp³-hybridized carbons (Fsp3) is 0.105. The summed E-state index contributed by atoms with van der Waals surface area (Å²) in [7, 11) is 1.49. The Morgan fingerprint density at radius 2 is 2.00 bits per heavy atom. The molecular weight excluding hydrogens is 387 g/mol. The maximum atomic E-state index is 13.1. The van der Waals surface area contributed by atoms with E-state index in [1.54, 1.807) is 24.3 Å². The molecule has 0 atom stereocenters. The summed E-state index contributed by atoms with van der Waals surface area (Å²) in [6, 6.07) is 12.6. The molecule has 0 aliphatic carbocycles. The molecule has 1 fully saturated rings. The minimum atomic E-state index is -0.384. The Labute approximate surface area is 165 Å². The third-order valence-corrected chi connectivity index (χ3v) is 4.96. The Morgan fingerprint density at radius 3 is 2.67 bits per heavy atom. The van der Waals surface area contributed by atoms with Crippen LogP contribution in [0.2, 0.25) is 0 Å². The van der Waals surface area contributed by atoms with Crippen LogP contribution in [0.25, 0.3) is 6.08 Å². The highest BCUT2D eigenvalue weighted by atomic mass is 32.2. The number of methoxy groups -OCH3 is 1. The van der Waals surface area contributed by atoms with Crippen LogP contribution in [-0.4, -0.2) is 23.9 Å². The number of nitrogens with zero attached hydrogens (tertiary/aromatic N) is 2. The fourth-order valence-electron chi connectivity index (χ4n) is 2.44. The first-order chi connectivity index (χ1) is 13.0. The molecule has 1 amide bonds. The van der Waals surface area contributed by atoms with Crippen LogP contribution in [0.15, 0.2) is 47.4 Å². The minimum Gasteiger partial charge on any atom is -0.493 e. The molecule has 0 saturated carbocycles. The smallest absolute Gasteiger partial charge is 0.270 e. The lowest BCUT2D eigenvalue weighted by Crippen LogP contribution is -2.27. The largest absolute Gasteiger partial charge is 0.493 e. The van der Waals surface area contributed by atoms with Crippen molar-refractivity contribution in [1.29, 1.82) is 5.26 Å². The summed E-state index contributed by atoms with van der Waals surface area (Å²) in [5.41, 5.74) is 1.23. The number of anilines is 1. The van der Waals surface area contributed by atoms with Crippen LogP contribution in [-0.2, 0) is 4.79 Å². The molecule has 0 radical (unpaired) electrons. The van der Waals surface area contributed by atoms with Crippen LogP contribution in [0.5, 0.6) is 11.5 Å². The fourth-order valence-corrected chi connectivity index (χ4v) is 3.73. The number of carbonyl (C=O) groups excluding carboxylic acids is 1. The van der Waals surface area contributed by atoms with E-state index in [0.29, 0.717) is 26.4 Å². The summed E-state index contributed by atoms with van der Waals surface area (Å²) in [6.45, 7) is -0.0912. The second kappa shape index (κ2) is 8.20. The van der Waals surface area contributed by atoms with Crippen LogP contribution >= 0.6 is 24.0 Å². The predicted octanol–water partition coefficient (Wildman–Crippen LogP) is 4.14. The lowest BCUT2D eigenvalue weighted by molar-refractivity contribution is -0.113. The molecule has 1 heterocycles. The van der Waals surface area contributed by atoms with Crippen molar-refractivity contribution in [2.75, 3.05) is 18.6 Å². The number of benzene rings is 2. The van der Waals surface area contributed by atoms with Crippen molar-refractivity contribution in [2.45, 2.75) is 0 Å². The topological polar surface area (TPSA) is 62.6 Å². The molecule has 3 rings (SSSR count). The molecule has 1 aliphatic heterocycles. The highest BCUT2D eigenvalue weighted by molar-refractivity contribution is 8.27. The Bertz CT molecular complexity index is 968. The van der Waals surface area contributed by atoms with Crippen LogP contribution in [0.3, 0.4) is 0 Å². The number of carbonyl (C=O) groups is 1. The summed E-state index contributed by atoms with van der Waals surface area (Å²) in [5, 5.41) is 8.62. The Hall–Kier alpha value is -2.89. The molecule has 5 nitrogen and oxygen atoms in total. The standard InChI is InChI=1S/C19H13FN2O3S2/c1-24-16-10-12(2-7-15(16)25-9-8-21)11-17-18(23)22(19(26)27-17)14-5-3-13(20)4-6-14/h2-7,10-11H,9H2,1H3/b17-11-. The third kappa shape index (κ3) is 4.10. The van der Waals surface area contributed by atoms with E-state index >= 15 is 0 Å². The van der Waals surface area contributed by atoms with Gasteiger partial charge in [-0.25, -0.2) is 4.39 Å². The highest BCUT2D eigenvalue weighted by Gasteiger charge is 2.33. The molecule has 2 aromatic carbocycles. The van der Waals surface area contributed by atoms with Gasteiger partial charge in [-0.3, -0.25) is 9.69 Å². The SMILES string of the molecule is COc1cc(/C=C2\SC(=S)N(c3ccc(F)cc3)C2=O)ccc1OCC#N. The number of nitriles is 1. The van der Waals surface area contributed by atoms with E-state index in [1.807, 2.05) is 6.07 Å². The number of ether oxygens (including phenoxy) is 2. The number of halogens is 1. The van der Waals surface area contributed by atoms with Crippen LogP contribution < -0.4 is 14.4 Å². The summed E-state index contributed by atoms with van der Waals surface area (Å²) < 4.78 is 24.1. The maximum Gasteiger partial charge on any atom is 0.270 e. The van der Waals surface area contributed by atoms with Gasteiger partial charge in [-0.2, -0.15) is 5.26 Å². The van der Waals surface area contributed by atoms with Gasteiger partial charge in [0.15, 0.2) is 22.4 Å². The van der Waals surface area contributed by atoms with Gasteiger partial charge in [0.1, 0.15) is 11.9 Å². The second-order valence-corrected chi connectivity index (χ2v) is 7.03. The normalized spacial score (nSPS) is 15.1. The molecule has 2 aromatic rings. The van der Waals surface area contributed by atoms with Crippen molar-refractivity contribution in [3.63, 3.8) is 0 Å². The monoisotopic (exact) mass is 400 g/mol. The highest BCUT2D eigenvalue weighted by Crippen LogP contribution is 2.37. The number of amides is 1. The molecule has 0 spiro atoms. The van der Waals surface area contributed by atoms with Crippen LogP contribution in [0.1, 0.15) is 5.56 Å². The first-order valence-corrected chi connectivity index (χ1v) is 8.97. The number of thioether (sulfide) groups is 1. The summed E-state index contributed by atoms with van der Waals surface area (Å²) in [6.07, 6.45) is 1.69. The molecule has 27 heavy (non-hydrogen) atoms. The van der Waals surface area contributed by atoms with Crippen molar-refractivity contribution >= 4 is 46.0 Å². The Morgan fingerprint density at radius 1 is 1.26 bits per heavy atom. The lowest BCUT2D eigenvalue weighted by Gasteiger charge is -2.14. The average Bonchev–Trinajstić information content (AvgIpc) is 2.94. The molecule has 0 N–H and O–H groups in total. The lowest BCUT2D eigenvalue weighted by atomic mass is 10.2. The third-order valence-electron chi connectivity index (χ3n) is 3.66. The van der Waals surface area contributed by atoms with Gasteiger partial charge in [-0.05, 0) is 48.0 Å².